The second-order valence-corrected chi connectivity index (χ2v) is 3.59. The second kappa shape index (κ2) is 2.87. The first-order valence-electron chi connectivity index (χ1n) is 4.40. The van der Waals surface area contributed by atoms with E-state index in [-0.39, 0.29) is 5.91 Å². The average Bonchev–Trinajstić information content (AvgIpc) is 2.62. The molecule has 1 saturated carbocycles. The van der Waals surface area contributed by atoms with Crippen LogP contribution in [0.1, 0.15) is 29.5 Å². The summed E-state index contributed by atoms with van der Waals surface area (Å²) in [4.78, 5) is 11.5. The van der Waals surface area contributed by atoms with Crippen LogP contribution in [0.4, 0.5) is 0 Å². The molecule has 0 radical (unpaired) electrons. The van der Waals surface area contributed by atoms with E-state index in [1.165, 1.54) is 6.20 Å². The van der Waals surface area contributed by atoms with E-state index in [1.54, 1.807) is 6.92 Å². The smallest absolute Gasteiger partial charge is 0.256 e. The lowest BCUT2D eigenvalue weighted by atomic mass is 10.2. The van der Waals surface area contributed by atoms with Crippen molar-refractivity contribution in [3.05, 3.63) is 17.5 Å². The zero-order chi connectivity index (χ0) is 9.42. The van der Waals surface area contributed by atoms with E-state index in [1.807, 2.05) is 0 Å². The van der Waals surface area contributed by atoms with Crippen LogP contribution >= 0.6 is 0 Å². The SMILES string of the molecule is Cc1oncc1C(=O)N[C@@H]1C[C@H]1C. The van der Waals surface area contributed by atoms with Crippen LogP contribution in [0.15, 0.2) is 10.7 Å². The first-order valence-corrected chi connectivity index (χ1v) is 4.40. The summed E-state index contributed by atoms with van der Waals surface area (Å²) in [7, 11) is 0. The second-order valence-electron chi connectivity index (χ2n) is 3.59. The van der Waals surface area contributed by atoms with Crippen molar-refractivity contribution < 1.29 is 9.32 Å². The molecule has 4 heteroatoms. The van der Waals surface area contributed by atoms with Crippen LogP contribution in [0.3, 0.4) is 0 Å². The van der Waals surface area contributed by atoms with Gasteiger partial charge in [0.15, 0.2) is 0 Å². The van der Waals surface area contributed by atoms with Gasteiger partial charge in [-0.25, -0.2) is 0 Å². The van der Waals surface area contributed by atoms with Crippen molar-refractivity contribution in [1.29, 1.82) is 0 Å². The van der Waals surface area contributed by atoms with E-state index in [0.717, 1.165) is 6.42 Å². The predicted molar refractivity (Wildman–Crippen MR) is 46.3 cm³/mol. The van der Waals surface area contributed by atoms with Crippen molar-refractivity contribution in [2.24, 2.45) is 5.92 Å². The molecular formula is C9H12N2O2. The molecule has 0 unspecified atom stereocenters. The molecule has 1 aromatic heterocycles. The molecule has 1 amide bonds. The third-order valence-electron chi connectivity index (χ3n) is 2.42. The maximum absolute atomic E-state index is 11.5. The molecule has 2 atom stereocenters. The Hall–Kier alpha value is -1.32. The van der Waals surface area contributed by atoms with Gasteiger partial charge in [-0.15, -0.1) is 0 Å². The molecule has 4 nitrogen and oxygen atoms in total. The lowest BCUT2D eigenvalue weighted by Gasteiger charge is -2.00. The van der Waals surface area contributed by atoms with Gasteiger partial charge in [-0.1, -0.05) is 12.1 Å². The molecule has 2 rings (SSSR count). The van der Waals surface area contributed by atoms with Crippen molar-refractivity contribution in [1.82, 2.24) is 10.5 Å². The summed E-state index contributed by atoms with van der Waals surface area (Å²) in [5.74, 6) is 1.11. The Morgan fingerprint density at radius 1 is 1.77 bits per heavy atom. The van der Waals surface area contributed by atoms with Gasteiger partial charge in [-0.2, -0.15) is 0 Å². The van der Waals surface area contributed by atoms with Gasteiger partial charge < -0.3 is 9.84 Å². The van der Waals surface area contributed by atoms with Crippen LogP contribution in [0.25, 0.3) is 0 Å². The molecule has 1 aliphatic rings. The summed E-state index contributed by atoms with van der Waals surface area (Å²) >= 11 is 0. The largest absolute Gasteiger partial charge is 0.361 e. The van der Waals surface area contributed by atoms with E-state index in [9.17, 15) is 4.79 Å². The summed E-state index contributed by atoms with van der Waals surface area (Å²) in [6.07, 6.45) is 2.54. The Bertz CT molecular complexity index is 332. The van der Waals surface area contributed by atoms with Gasteiger partial charge in [0, 0.05) is 6.04 Å². The molecule has 0 saturated heterocycles. The van der Waals surface area contributed by atoms with Crippen LogP contribution in [0, 0.1) is 12.8 Å². The summed E-state index contributed by atoms with van der Waals surface area (Å²) in [6, 6.07) is 0.349. The molecular weight excluding hydrogens is 168 g/mol. The van der Waals surface area contributed by atoms with Gasteiger partial charge in [-0.3, -0.25) is 4.79 Å². The van der Waals surface area contributed by atoms with E-state index in [0.29, 0.717) is 23.3 Å². The maximum Gasteiger partial charge on any atom is 0.256 e. The average molecular weight is 180 g/mol. The molecule has 1 N–H and O–H groups in total. The van der Waals surface area contributed by atoms with Gasteiger partial charge in [-0.05, 0) is 19.3 Å². The molecule has 1 heterocycles. The Labute approximate surface area is 76.3 Å². The number of aryl methyl sites for hydroxylation is 1. The third-order valence-corrected chi connectivity index (χ3v) is 2.42. The molecule has 13 heavy (non-hydrogen) atoms. The normalized spacial score (nSPS) is 25.7. The maximum atomic E-state index is 11.5. The number of hydrogen-bond donors (Lipinski definition) is 1. The lowest BCUT2D eigenvalue weighted by molar-refractivity contribution is 0.0948. The zero-order valence-electron chi connectivity index (χ0n) is 7.70. The molecule has 0 bridgehead atoms. The van der Waals surface area contributed by atoms with Crippen LogP contribution in [0.2, 0.25) is 0 Å². The monoisotopic (exact) mass is 180 g/mol. The van der Waals surface area contributed by atoms with Crippen LogP contribution in [0.5, 0.6) is 0 Å². The molecule has 0 aliphatic heterocycles. The number of hydrogen-bond acceptors (Lipinski definition) is 3. The highest BCUT2D eigenvalue weighted by atomic mass is 16.5. The van der Waals surface area contributed by atoms with E-state index in [2.05, 4.69) is 17.4 Å². The highest BCUT2D eigenvalue weighted by molar-refractivity contribution is 5.95. The highest BCUT2D eigenvalue weighted by Gasteiger charge is 2.34. The standard InChI is InChI=1S/C9H12N2O2/c1-5-3-8(5)11-9(12)7-4-10-13-6(7)2/h4-5,8H,3H2,1-2H3,(H,11,12)/t5-,8-/m1/s1. The Morgan fingerprint density at radius 3 is 2.92 bits per heavy atom. The van der Waals surface area contributed by atoms with Crippen LogP contribution in [-0.4, -0.2) is 17.1 Å². The molecule has 1 aromatic rings. The van der Waals surface area contributed by atoms with Crippen LogP contribution < -0.4 is 5.32 Å². The minimum absolute atomic E-state index is 0.0758. The van der Waals surface area contributed by atoms with Crippen molar-refractivity contribution in [3.8, 4) is 0 Å². The fourth-order valence-electron chi connectivity index (χ4n) is 1.29. The van der Waals surface area contributed by atoms with Gasteiger partial charge in [0.2, 0.25) is 0 Å². The molecule has 70 valence electrons. The molecule has 1 aliphatic carbocycles. The van der Waals surface area contributed by atoms with E-state index < -0.39 is 0 Å². The topological polar surface area (TPSA) is 55.1 Å². The van der Waals surface area contributed by atoms with E-state index in [4.69, 9.17) is 4.52 Å². The summed E-state index contributed by atoms with van der Waals surface area (Å²) in [6.45, 7) is 3.85. The Kier molecular flexibility index (Phi) is 1.83. The number of carbonyl (C=O) groups excluding carboxylic acids is 1. The quantitative estimate of drug-likeness (QED) is 0.742. The Balaban J connectivity index is 2.01. The fraction of sp³-hybridized carbons (Fsp3) is 0.556. The predicted octanol–water partition coefficient (Wildman–Crippen LogP) is 1.12. The summed E-state index contributed by atoms with van der Waals surface area (Å²) in [5, 5.41) is 6.46. The van der Waals surface area contributed by atoms with Crippen molar-refractivity contribution in [3.63, 3.8) is 0 Å². The van der Waals surface area contributed by atoms with E-state index >= 15 is 0 Å². The van der Waals surface area contributed by atoms with Gasteiger partial charge in [0.05, 0.1) is 6.20 Å². The number of nitrogens with zero attached hydrogens (tertiary/aromatic N) is 1. The van der Waals surface area contributed by atoms with Crippen LogP contribution in [-0.2, 0) is 0 Å². The summed E-state index contributed by atoms with van der Waals surface area (Å²) < 4.78 is 4.80. The number of aromatic nitrogens is 1. The van der Waals surface area contributed by atoms with Crippen molar-refractivity contribution in [2.75, 3.05) is 0 Å². The van der Waals surface area contributed by atoms with Gasteiger partial charge >= 0.3 is 0 Å². The number of nitrogens with one attached hydrogen (secondary N) is 1. The number of rotatable bonds is 2. The number of carbonyl (C=O) groups is 1. The van der Waals surface area contributed by atoms with Crippen molar-refractivity contribution in [2.45, 2.75) is 26.3 Å². The zero-order valence-corrected chi connectivity index (χ0v) is 7.70. The fourth-order valence-corrected chi connectivity index (χ4v) is 1.29. The molecule has 1 fully saturated rings. The lowest BCUT2D eigenvalue weighted by Crippen LogP contribution is -2.26. The Morgan fingerprint density at radius 2 is 2.46 bits per heavy atom. The summed E-state index contributed by atoms with van der Waals surface area (Å²) in [5.41, 5.74) is 0.541. The third kappa shape index (κ3) is 1.56. The van der Waals surface area contributed by atoms with Gasteiger partial charge in [0.1, 0.15) is 11.3 Å². The minimum atomic E-state index is -0.0758. The molecule has 0 aromatic carbocycles. The first kappa shape index (κ1) is 8.29. The molecule has 0 spiro atoms. The highest BCUT2D eigenvalue weighted by Crippen LogP contribution is 2.29. The van der Waals surface area contributed by atoms with Gasteiger partial charge in [0.25, 0.3) is 5.91 Å². The first-order chi connectivity index (χ1) is 6.18. The minimum Gasteiger partial charge on any atom is -0.361 e. The van der Waals surface area contributed by atoms with Crippen molar-refractivity contribution >= 4 is 5.91 Å². The number of amides is 1.